The number of nitrogens with one attached hydrogen (secondary N) is 1. The fourth-order valence-corrected chi connectivity index (χ4v) is 3.77. The number of hydrogen-bond donors (Lipinski definition) is 1. The molecule has 0 radical (unpaired) electrons. The zero-order chi connectivity index (χ0) is 13.5. The van der Waals surface area contributed by atoms with Gasteiger partial charge in [0, 0.05) is 30.6 Å². The van der Waals surface area contributed by atoms with Gasteiger partial charge in [-0.1, -0.05) is 29.8 Å². The molecule has 0 amide bonds. The van der Waals surface area contributed by atoms with Crippen LogP contribution in [0, 0.1) is 11.8 Å². The van der Waals surface area contributed by atoms with Crippen molar-refractivity contribution >= 4 is 22.5 Å². The van der Waals surface area contributed by atoms with E-state index in [2.05, 4.69) is 27.3 Å². The van der Waals surface area contributed by atoms with Crippen molar-refractivity contribution < 1.29 is 0 Å². The molecule has 2 saturated heterocycles. The smallest absolute Gasteiger partial charge is 0.134 e. The maximum atomic E-state index is 6.35. The lowest BCUT2D eigenvalue weighted by Crippen LogP contribution is -2.25. The minimum absolute atomic E-state index is 0.652. The summed E-state index contributed by atoms with van der Waals surface area (Å²) < 4.78 is 0. The molecule has 104 valence electrons. The normalized spacial score (nSPS) is 26.2. The number of nitrogens with zero attached hydrogens (tertiary/aromatic N) is 2. The Balaban J connectivity index is 1.58. The van der Waals surface area contributed by atoms with E-state index in [1.54, 1.807) is 0 Å². The maximum absolute atomic E-state index is 6.35. The molecule has 2 aliphatic rings. The lowest BCUT2D eigenvalue weighted by Gasteiger charge is -2.17. The van der Waals surface area contributed by atoms with Crippen molar-refractivity contribution in [3.8, 4) is 0 Å². The number of rotatable bonds is 2. The van der Waals surface area contributed by atoms with Crippen LogP contribution < -0.4 is 5.32 Å². The predicted octanol–water partition coefficient (Wildman–Crippen LogP) is 2.54. The second-order valence-electron chi connectivity index (χ2n) is 6.00. The number of benzene rings is 1. The van der Waals surface area contributed by atoms with E-state index >= 15 is 0 Å². The molecule has 2 atom stereocenters. The maximum Gasteiger partial charge on any atom is 0.134 e. The van der Waals surface area contributed by atoms with Crippen LogP contribution in [0.3, 0.4) is 0 Å². The summed E-state index contributed by atoms with van der Waals surface area (Å²) in [5.41, 5.74) is 2.13. The first-order chi connectivity index (χ1) is 9.79. The van der Waals surface area contributed by atoms with Crippen LogP contribution in [0.25, 0.3) is 10.9 Å². The van der Waals surface area contributed by atoms with E-state index in [1.165, 1.54) is 31.6 Å². The summed E-state index contributed by atoms with van der Waals surface area (Å²) in [4.78, 5) is 7.04. The molecule has 1 aromatic carbocycles. The first kappa shape index (κ1) is 12.6. The van der Waals surface area contributed by atoms with E-state index in [-0.39, 0.29) is 0 Å². The summed E-state index contributed by atoms with van der Waals surface area (Å²) in [6.45, 7) is 5.63. The van der Waals surface area contributed by atoms with Gasteiger partial charge in [0.2, 0.25) is 0 Å². The van der Waals surface area contributed by atoms with Gasteiger partial charge in [-0.2, -0.15) is 0 Å². The molecule has 3 nitrogen and oxygen atoms in total. The standard InChI is InChI=1S/C16H18ClN3/c17-16-12(5-11-3-1-2-4-15(11)19-16)8-20-9-13-6-18-7-14(13)10-20/h1-5,13-14,18H,6-10H2/t13-,14+. The number of aromatic nitrogens is 1. The molecule has 2 aliphatic heterocycles. The largest absolute Gasteiger partial charge is 0.316 e. The van der Waals surface area contributed by atoms with Crippen LogP contribution in [0.5, 0.6) is 0 Å². The number of likely N-dealkylation sites (tertiary alicyclic amines) is 1. The third-order valence-electron chi connectivity index (χ3n) is 4.61. The quantitative estimate of drug-likeness (QED) is 0.861. The van der Waals surface area contributed by atoms with Crippen molar-refractivity contribution in [1.29, 1.82) is 0 Å². The van der Waals surface area contributed by atoms with Gasteiger partial charge in [0.1, 0.15) is 5.15 Å². The Hall–Kier alpha value is -1.16. The van der Waals surface area contributed by atoms with Crippen molar-refractivity contribution in [2.24, 2.45) is 11.8 Å². The molecule has 0 spiro atoms. The second kappa shape index (κ2) is 4.99. The first-order valence-electron chi connectivity index (χ1n) is 7.27. The average molecular weight is 288 g/mol. The van der Waals surface area contributed by atoms with Gasteiger partial charge in [0.15, 0.2) is 0 Å². The molecule has 20 heavy (non-hydrogen) atoms. The van der Waals surface area contributed by atoms with Crippen molar-refractivity contribution in [3.63, 3.8) is 0 Å². The Bertz CT molecular complexity index is 631. The summed E-state index contributed by atoms with van der Waals surface area (Å²) in [6.07, 6.45) is 0. The molecule has 0 saturated carbocycles. The predicted molar refractivity (Wildman–Crippen MR) is 81.9 cm³/mol. The zero-order valence-electron chi connectivity index (χ0n) is 11.3. The van der Waals surface area contributed by atoms with Gasteiger partial charge in [-0.25, -0.2) is 4.98 Å². The van der Waals surface area contributed by atoms with E-state index in [4.69, 9.17) is 11.6 Å². The molecule has 0 bridgehead atoms. The molecule has 1 aromatic heterocycles. The molecule has 1 N–H and O–H groups in total. The van der Waals surface area contributed by atoms with Gasteiger partial charge >= 0.3 is 0 Å². The van der Waals surface area contributed by atoms with Crippen LogP contribution in [0.4, 0.5) is 0 Å². The molecule has 4 rings (SSSR count). The fraction of sp³-hybridized carbons (Fsp3) is 0.438. The third kappa shape index (κ3) is 2.20. The molecule has 0 unspecified atom stereocenters. The number of hydrogen-bond acceptors (Lipinski definition) is 3. The van der Waals surface area contributed by atoms with Gasteiger partial charge in [0.05, 0.1) is 5.52 Å². The topological polar surface area (TPSA) is 28.2 Å². The molecule has 2 aromatic rings. The van der Waals surface area contributed by atoms with E-state index < -0.39 is 0 Å². The summed E-state index contributed by atoms with van der Waals surface area (Å²) in [5.74, 6) is 1.64. The number of halogens is 1. The Labute approximate surface area is 123 Å². The van der Waals surface area contributed by atoms with Crippen molar-refractivity contribution in [2.45, 2.75) is 6.54 Å². The Kier molecular flexibility index (Phi) is 3.14. The van der Waals surface area contributed by atoms with Crippen molar-refractivity contribution in [3.05, 3.63) is 41.0 Å². The fourth-order valence-electron chi connectivity index (χ4n) is 3.57. The van der Waals surface area contributed by atoms with Gasteiger partial charge < -0.3 is 5.32 Å². The van der Waals surface area contributed by atoms with Crippen LogP contribution in [-0.4, -0.2) is 36.1 Å². The van der Waals surface area contributed by atoms with Crippen LogP contribution in [-0.2, 0) is 6.54 Å². The van der Waals surface area contributed by atoms with Crippen molar-refractivity contribution in [2.75, 3.05) is 26.2 Å². The monoisotopic (exact) mass is 287 g/mol. The van der Waals surface area contributed by atoms with E-state index in [0.717, 1.165) is 29.5 Å². The van der Waals surface area contributed by atoms with E-state index in [9.17, 15) is 0 Å². The molecule has 3 heterocycles. The highest BCUT2D eigenvalue weighted by atomic mass is 35.5. The average Bonchev–Trinajstić information content (AvgIpc) is 3.00. The number of pyridine rings is 1. The number of fused-ring (bicyclic) bond motifs is 2. The summed E-state index contributed by atoms with van der Waals surface area (Å²) in [5, 5.41) is 5.30. The minimum Gasteiger partial charge on any atom is -0.316 e. The van der Waals surface area contributed by atoms with Gasteiger partial charge in [-0.3, -0.25) is 4.90 Å². The van der Waals surface area contributed by atoms with Gasteiger partial charge in [-0.05, 0) is 37.1 Å². The first-order valence-corrected chi connectivity index (χ1v) is 7.64. The highest BCUT2D eigenvalue weighted by Gasteiger charge is 2.35. The summed E-state index contributed by atoms with van der Waals surface area (Å²) >= 11 is 6.35. The lowest BCUT2D eigenvalue weighted by atomic mass is 10.0. The molecule has 2 fully saturated rings. The SMILES string of the molecule is Clc1nc2ccccc2cc1CN1C[C@H]2CNC[C@H]2C1. The Morgan fingerprint density at radius 1 is 1.20 bits per heavy atom. The van der Waals surface area contributed by atoms with Crippen molar-refractivity contribution in [1.82, 2.24) is 15.2 Å². The third-order valence-corrected chi connectivity index (χ3v) is 4.94. The second-order valence-corrected chi connectivity index (χ2v) is 6.36. The van der Waals surface area contributed by atoms with Crippen LogP contribution in [0.2, 0.25) is 5.15 Å². The molecular formula is C16H18ClN3. The van der Waals surface area contributed by atoms with E-state index in [0.29, 0.717) is 5.15 Å². The van der Waals surface area contributed by atoms with E-state index in [1.807, 2.05) is 18.2 Å². The van der Waals surface area contributed by atoms with Crippen LogP contribution in [0.15, 0.2) is 30.3 Å². The Morgan fingerprint density at radius 3 is 2.75 bits per heavy atom. The van der Waals surface area contributed by atoms with Gasteiger partial charge in [-0.15, -0.1) is 0 Å². The highest BCUT2D eigenvalue weighted by Crippen LogP contribution is 2.29. The number of para-hydroxylation sites is 1. The summed E-state index contributed by atoms with van der Waals surface area (Å²) in [7, 11) is 0. The summed E-state index contributed by atoms with van der Waals surface area (Å²) in [6, 6.07) is 10.4. The van der Waals surface area contributed by atoms with Crippen LogP contribution in [0.1, 0.15) is 5.56 Å². The van der Waals surface area contributed by atoms with Gasteiger partial charge in [0.25, 0.3) is 0 Å². The zero-order valence-corrected chi connectivity index (χ0v) is 12.1. The molecule has 0 aliphatic carbocycles. The molecular weight excluding hydrogens is 270 g/mol. The Morgan fingerprint density at radius 2 is 1.95 bits per heavy atom. The highest BCUT2D eigenvalue weighted by molar-refractivity contribution is 6.30. The minimum atomic E-state index is 0.652. The van der Waals surface area contributed by atoms with Crippen LogP contribution >= 0.6 is 11.6 Å². The lowest BCUT2D eigenvalue weighted by molar-refractivity contribution is 0.305. The molecule has 4 heteroatoms.